The summed E-state index contributed by atoms with van der Waals surface area (Å²) in [5, 5.41) is 21.2. The van der Waals surface area contributed by atoms with Gasteiger partial charge in [0.1, 0.15) is 22.7 Å². The highest BCUT2D eigenvalue weighted by Crippen LogP contribution is 2.42. The number of benzene rings is 1. The van der Waals surface area contributed by atoms with Gasteiger partial charge in [0.25, 0.3) is 0 Å². The summed E-state index contributed by atoms with van der Waals surface area (Å²) in [4.78, 5) is 15.2. The molecule has 1 fully saturated rings. The fourth-order valence-electron chi connectivity index (χ4n) is 4.40. The highest BCUT2D eigenvalue weighted by Gasteiger charge is 2.40. The number of ether oxygens (including phenoxy) is 3. The Morgan fingerprint density at radius 3 is 2.74 bits per heavy atom. The smallest absolute Gasteiger partial charge is 0.330 e. The van der Waals surface area contributed by atoms with Gasteiger partial charge < -0.3 is 19.1 Å². The van der Waals surface area contributed by atoms with Crippen LogP contribution in [0.1, 0.15) is 58.3 Å². The molecular formula is C24H34N6O4S. The SMILES string of the molecule is CCOc1cccc2c1CCC1(CCN(C(=N)SCc3nnn(CC(=O)OC(C)(C)C)n3)CC1)O2. The van der Waals surface area contributed by atoms with Crippen molar-refractivity contribution in [3.63, 3.8) is 0 Å². The second-order valence-electron chi connectivity index (χ2n) is 9.85. The zero-order valence-electron chi connectivity index (χ0n) is 20.9. The van der Waals surface area contributed by atoms with E-state index in [9.17, 15) is 4.79 Å². The minimum atomic E-state index is -0.559. The van der Waals surface area contributed by atoms with E-state index >= 15 is 0 Å². The van der Waals surface area contributed by atoms with Crippen molar-refractivity contribution in [2.24, 2.45) is 0 Å². The lowest BCUT2D eigenvalue weighted by molar-refractivity contribution is -0.156. The Kier molecular flexibility index (Phi) is 7.53. The lowest BCUT2D eigenvalue weighted by Gasteiger charge is -2.45. The van der Waals surface area contributed by atoms with E-state index in [1.807, 2.05) is 45.9 Å². The molecule has 2 aliphatic heterocycles. The van der Waals surface area contributed by atoms with Crippen LogP contribution in [-0.4, -0.2) is 67.1 Å². The van der Waals surface area contributed by atoms with Crippen molar-refractivity contribution in [1.29, 1.82) is 5.41 Å². The third-order valence-corrected chi connectivity index (χ3v) is 6.97. The maximum Gasteiger partial charge on any atom is 0.330 e. The fourth-order valence-corrected chi connectivity index (χ4v) is 5.15. The molecule has 0 radical (unpaired) electrons. The first kappa shape index (κ1) is 25.3. The molecule has 11 heteroatoms. The van der Waals surface area contributed by atoms with Crippen molar-refractivity contribution >= 4 is 22.9 Å². The number of piperidine rings is 1. The number of amidine groups is 1. The Hall–Kier alpha value is -2.82. The maximum absolute atomic E-state index is 11.9. The number of tetrazole rings is 1. The van der Waals surface area contributed by atoms with Gasteiger partial charge in [0.2, 0.25) is 0 Å². The molecule has 0 bridgehead atoms. The van der Waals surface area contributed by atoms with Gasteiger partial charge in [-0.1, -0.05) is 17.8 Å². The zero-order chi connectivity index (χ0) is 25.1. The Labute approximate surface area is 210 Å². The molecule has 3 heterocycles. The zero-order valence-corrected chi connectivity index (χ0v) is 21.7. The number of likely N-dealkylation sites (tertiary alicyclic amines) is 1. The first-order valence-electron chi connectivity index (χ1n) is 12.0. The molecule has 1 N–H and O–H groups in total. The summed E-state index contributed by atoms with van der Waals surface area (Å²) in [6, 6.07) is 6.03. The molecule has 0 unspecified atom stereocenters. The van der Waals surface area contributed by atoms with Gasteiger partial charge >= 0.3 is 5.97 Å². The van der Waals surface area contributed by atoms with Gasteiger partial charge in [-0.05, 0) is 57.9 Å². The van der Waals surface area contributed by atoms with E-state index in [-0.39, 0.29) is 12.1 Å². The van der Waals surface area contributed by atoms with Crippen LogP contribution in [0.3, 0.4) is 0 Å². The molecule has 0 aliphatic carbocycles. The molecule has 2 aromatic rings. The second kappa shape index (κ2) is 10.4. The molecular weight excluding hydrogens is 468 g/mol. The van der Waals surface area contributed by atoms with Gasteiger partial charge in [-0.2, -0.15) is 4.80 Å². The van der Waals surface area contributed by atoms with Gasteiger partial charge in [0.05, 0.1) is 12.4 Å². The number of carbonyl (C=O) groups is 1. The number of carbonyl (C=O) groups excluding carboxylic acids is 1. The number of fused-ring (bicyclic) bond motifs is 1. The van der Waals surface area contributed by atoms with Crippen LogP contribution in [0.2, 0.25) is 0 Å². The average Bonchev–Trinajstić information content (AvgIpc) is 3.24. The van der Waals surface area contributed by atoms with Gasteiger partial charge in [-0.3, -0.25) is 5.41 Å². The maximum atomic E-state index is 11.9. The van der Waals surface area contributed by atoms with Crippen LogP contribution < -0.4 is 9.47 Å². The van der Waals surface area contributed by atoms with E-state index < -0.39 is 11.6 Å². The van der Waals surface area contributed by atoms with Crippen molar-refractivity contribution in [3.8, 4) is 11.5 Å². The summed E-state index contributed by atoms with van der Waals surface area (Å²) in [5.41, 5.74) is 0.431. The van der Waals surface area contributed by atoms with Crippen molar-refractivity contribution in [1.82, 2.24) is 25.1 Å². The molecule has 35 heavy (non-hydrogen) atoms. The topological polar surface area (TPSA) is 115 Å². The quantitative estimate of drug-likeness (QED) is 0.360. The van der Waals surface area contributed by atoms with Crippen LogP contribution in [0, 0.1) is 5.41 Å². The first-order chi connectivity index (χ1) is 16.7. The van der Waals surface area contributed by atoms with Crippen molar-refractivity contribution in [2.45, 2.75) is 76.9 Å². The average molecular weight is 503 g/mol. The molecule has 0 atom stereocenters. The molecule has 10 nitrogen and oxygen atoms in total. The van der Waals surface area contributed by atoms with Gasteiger partial charge in [-0.25, -0.2) is 4.79 Å². The predicted octanol–water partition coefficient (Wildman–Crippen LogP) is 3.44. The molecule has 1 spiro atoms. The normalized spacial score (nSPS) is 17.0. The number of hydrogen-bond donors (Lipinski definition) is 1. The van der Waals surface area contributed by atoms with Crippen molar-refractivity contribution in [3.05, 3.63) is 29.6 Å². The Morgan fingerprint density at radius 1 is 1.26 bits per heavy atom. The minimum Gasteiger partial charge on any atom is -0.493 e. The monoisotopic (exact) mass is 502 g/mol. The van der Waals surface area contributed by atoms with E-state index in [0.29, 0.717) is 23.4 Å². The molecule has 1 aromatic carbocycles. The molecule has 1 saturated heterocycles. The summed E-state index contributed by atoms with van der Waals surface area (Å²) in [6.07, 6.45) is 3.66. The Morgan fingerprint density at radius 2 is 2.03 bits per heavy atom. The number of nitrogens with zero attached hydrogens (tertiary/aromatic N) is 5. The molecule has 4 rings (SSSR count). The van der Waals surface area contributed by atoms with Crippen LogP contribution >= 0.6 is 11.8 Å². The highest BCUT2D eigenvalue weighted by molar-refractivity contribution is 8.12. The van der Waals surface area contributed by atoms with Crippen molar-refractivity contribution in [2.75, 3.05) is 19.7 Å². The van der Waals surface area contributed by atoms with E-state index in [1.54, 1.807) is 0 Å². The Balaban J connectivity index is 1.25. The lowest BCUT2D eigenvalue weighted by Crippen LogP contribution is -2.50. The predicted molar refractivity (Wildman–Crippen MR) is 133 cm³/mol. The second-order valence-corrected chi connectivity index (χ2v) is 10.8. The van der Waals surface area contributed by atoms with Gasteiger partial charge in [0, 0.05) is 31.5 Å². The summed E-state index contributed by atoms with van der Waals surface area (Å²) >= 11 is 1.37. The fraction of sp³-hybridized carbons (Fsp3) is 0.625. The van der Waals surface area contributed by atoms with Gasteiger partial charge in [0.15, 0.2) is 17.5 Å². The lowest BCUT2D eigenvalue weighted by atomic mass is 9.83. The summed E-state index contributed by atoms with van der Waals surface area (Å²) < 4.78 is 17.6. The van der Waals surface area contributed by atoms with Crippen LogP contribution in [-0.2, 0) is 28.2 Å². The van der Waals surface area contributed by atoms with Crippen LogP contribution in [0.25, 0.3) is 0 Å². The molecule has 0 saturated carbocycles. The van der Waals surface area contributed by atoms with E-state index in [4.69, 9.17) is 19.6 Å². The van der Waals surface area contributed by atoms with Crippen LogP contribution in [0.15, 0.2) is 18.2 Å². The number of esters is 1. The number of hydrogen-bond acceptors (Lipinski definition) is 9. The molecule has 190 valence electrons. The number of nitrogens with one attached hydrogen (secondary N) is 1. The molecule has 0 amide bonds. The molecule has 1 aromatic heterocycles. The minimum absolute atomic E-state index is 0.0875. The number of aromatic nitrogens is 4. The van der Waals surface area contributed by atoms with E-state index in [0.717, 1.165) is 55.8 Å². The number of thioether (sulfide) groups is 1. The highest BCUT2D eigenvalue weighted by atomic mass is 32.2. The van der Waals surface area contributed by atoms with Gasteiger partial charge in [-0.15, -0.1) is 10.2 Å². The van der Waals surface area contributed by atoms with Crippen LogP contribution in [0.4, 0.5) is 0 Å². The summed E-state index contributed by atoms with van der Waals surface area (Å²) in [5.74, 6) is 2.34. The summed E-state index contributed by atoms with van der Waals surface area (Å²) in [6.45, 7) is 9.53. The Bertz CT molecular complexity index is 1060. The third-order valence-electron chi connectivity index (χ3n) is 6.03. The largest absolute Gasteiger partial charge is 0.493 e. The van der Waals surface area contributed by atoms with E-state index in [2.05, 4.69) is 20.3 Å². The summed E-state index contributed by atoms with van der Waals surface area (Å²) in [7, 11) is 0. The molecule has 2 aliphatic rings. The standard InChI is InChI=1S/C24H34N6O4S/c1-5-32-18-7-6-8-19-17(18)9-10-24(33-19)11-13-29(14-12-24)22(25)35-16-20-26-28-30(27-20)15-21(31)34-23(2,3)4/h6-8,25H,5,9-16H2,1-4H3. The number of rotatable bonds is 6. The third kappa shape index (κ3) is 6.45. The first-order valence-corrected chi connectivity index (χ1v) is 13.0. The van der Waals surface area contributed by atoms with Crippen molar-refractivity contribution < 1.29 is 19.0 Å². The van der Waals surface area contributed by atoms with E-state index in [1.165, 1.54) is 16.6 Å². The van der Waals surface area contributed by atoms with Crippen LogP contribution in [0.5, 0.6) is 11.5 Å².